The van der Waals surface area contributed by atoms with Crippen LogP contribution in [-0.4, -0.2) is 15.9 Å². The van der Waals surface area contributed by atoms with Crippen LogP contribution in [0.5, 0.6) is 0 Å². The van der Waals surface area contributed by atoms with Crippen molar-refractivity contribution in [3.63, 3.8) is 0 Å². The highest BCUT2D eigenvalue weighted by Gasteiger charge is 2.20. The van der Waals surface area contributed by atoms with E-state index in [-0.39, 0.29) is 17.5 Å². The van der Waals surface area contributed by atoms with Crippen molar-refractivity contribution in [1.29, 1.82) is 0 Å². The van der Waals surface area contributed by atoms with Crippen molar-refractivity contribution >= 4 is 17.5 Å². The number of thioether (sulfide) groups is 1. The first-order chi connectivity index (χ1) is 9.60. The second-order valence-electron chi connectivity index (χ2n) is 4.33. The second-order valence-corrected chi connectivity index (χ2v) is 5.38. The zero-order valence-electron chi connectivity index (χ0n) is 11.3. The van der Waals surface area contributed by atoms with Gasteiger partial charge in [-0.15, -0.1) is 11.8 Å². The summed E-state index contributed by atoms with van der Waals surface area (Å²) in [5, 5.41) is 3.85. The standard InChI is InChI=1S/C14H15FN2O2S/c1-3-12(18)9(2)14-16-13(17-19-14)8-20-11-6-4-10(15)5-7-11/h4-7,9H,3,8H2,1-2H3. The normalized spacial score (nSPS) is 12.3. The summed E-state index contributed by atoms with van der Waals surface area (Å²) in [6.45, 7) is 3.57. The Hall–Kier alpha value is -1.69. The molecule has 0 saturated carbocycles. The molecule has 0 radical (unpaired) electrons. The van der Waals surface area contributed by atoms with Crippen LogP contribution >= 0.6 is 11.8 Å². The van der Waals surface area contributed by atoms with Gasteiger partial charge < -0.3 is 4.52 Å². The fourth-order valence-corrected chi connectivity index (χ4v) is 2.37. The molecule has 1 aromatic carbocycles. The van der Waals surface area contributed by atoms with Crippen LogP contribution in [0.3, 0.4) is 0 Å². The largest absolute Gasteiger partial charge is 0.339 e. The molecule has 0 spiro atoms. The van der Waals surface area contributed by atoms with Gasteiger partial charge >= 0.3 is 0 Å². The third-order valence-electron chi connectivity index (χ3n) is 2.87. The summed E-state index contributed by atoms with van der Waals surface area (Å²) >= 11 is 1.48. The minimum Gasteiger partial charge on any atom is -0.339 e. The van der Waals surface area contributed by atoms with E-state index in [0.717, 1.165) is 4.90 Å². The van der Waals surface area contributed by atoms with Gasteiger partial charge in [-0.25, -0.2) is 4.39 Å². The Morgan fingerprint density at radius 2 is 2.10 bits per heavy atom. The maximum absolute atomic E-state index is 12.8. The monoisotopic (exact) mass is 294 g/mol. The fraction of sp³-hybridized carbons (Fsp3) is 0.357. The summed E-state index contributed by atoms with van der Waals surface area (Å²) in [4.78, 5) is 16.7. The van der Waals surface area contributed by atoms with Crippen molar-refractivity contribution in [2.45, 2.75) is 36.8 Å². The van der Waals surface area contributed by atoms with Crippen LogP contribution in [0.1, 0.15) is 37.9 Å². The maximum Gasteiger partial charge on any atom is 0.236 e. The summed E-state index contributed by atoms with van der Waals surface area (Å²) in [5.74, 6) is 0.852. The summed E-state index contributed by atoms with van der Waals surface area (Å²) in [6, 6.07) is 6.21. The van der Waals surface area contributed by atoms with Gasteiger partial charge in [0.1, 0.15) is 11.6 Å². The zero-order valence-corrected chi connectivity index (χ0v) is 12.1. The Morgan fingerprint density at radius 3 is 2.75 bits per heavy atom. The van der Waals surface area contributed by atoms with Crippen LogP contribution in [0.15, 0.2) is 33.7 Å². The minimum atomic E-state index is -0.364. The molecule has 0 bridgehead atoms. The van der Waals surface area contributed by atoms with E-state index in [4.69, 9.17) is 4.52 Å². The first-order valence-electron chi connectivity index (χ1n) is 6.33. The third kappa shape index (κ3) is 3.66. The number of ketones is 1. The van der Waals surface area contributed by atoms with Crippen LogP contribution in [-0.2, 0) is 10.5 Å². The van der Waals surface area contributed by atoms with Gasteiger partial charge in [-0.05, 0) is 31.2 Å². The summed E-state index contributed by atoms with van der Waals surface area (Å²) < 4.78 is 17.9. The number of hydrogen-bond acceptors (Lipinski definition) is 5. The number of halogens is 1. The second kappa shape index (κ2) is 6.65. The maximum atomic E-state index is 12.8. The molecule has 6 heteroatoms. The smallest absolute Gasteiger partial charge is 0.236 e. The van der Waals surface area contributed by atoms with Gasteiger partial charge in [0.15, 0.2) is 5.82 Å². The van der Waals surface area contributed by atoms with E-state index in [0.29, 0.717) is 23.9 Å². The average Bonchev–Trinajstić information content (AvgIpc) is 2.94. The minimum absolute atomic E-state index is 0.0754. The van der Waals surface area contributed by atoms with Gasteiger partial charge in [0, 0.05) is 11.3 Å². The number of nitrogens with zero attached hydrogens (tertiary/aromatic N) is 2. The lowest BCUT2D eigenvalue weighted by molar-refractivity contribution is -0.120. The van der Waals surface area contributed by atoms with E-state index in [1.54, 1.807) is 26.0 Å². The van der Waals surface area contributed by atoms with E-state index in [1.807, 2.05) is 0 Å². The zero-order chi connectivity index (χ0) is 14.5. The van der Waals surface area contributed by atoms with Gasteiger partial charge in [0.25, 0.3) is 0 Å². The molecule has 4 nitrogen and oxygen atoms in total. The Kier molecular flexibility index (Phi) is 4.89. The highest BCUT2D eigenvalue weighted by Crippen LogP contribution is 2.23. The molecule has 20 heavy (non-hydrogen) atoms. The van der Waals surface area contributed by atoms with Crippen LogP contribution in [0.25, 0.3) is 0 Å². The Bertz CT molecular complexity index is 583. The number of carbonyl (C=O) groups excluding carboxylic acids is 1. The highest BCUT2D eigenvalue weighted by molar-refractivity contribution is 7.98. The highest BCUT2D eigenvalue weighted by atomic mass is 32.2. The molecule has 1 heterocycles. The number of aromatic nitrogens is 2. The fourth-order valence-electron chi connectivity index (χ4n) is 1.62. The average molecular weight is 294 g/mol. The number of benzene rings is 1. The first kappa shape index (κ1) is 14.7. The number of Topliss-reactive ketones (excluding diaryl/α,β-unsaturated/α-hetero) is 1. The lowest BCUT2D eigenvalue weighted by atomic mass is 10.1. The van der Waals surface area contributed by atoms with Crippen molar-refractivity contribution < 1.29 is 13.7 Å². The summed E-state index contributed by atoms with van der Waals surface area (Å²) in [5.41, 5.74) is 0. The van der Waals surface area contributed by atoms with Gasteiger partial charge in [-0.3, -0.25) is 4.79 Å². The van der Waals surface area contributed by atoms with Crippen molar-refractivity contribution in [3.8, 4) is 0 Å². The topological polar surface area (TPSA) is 56.0 Å². The quantitative estimate of drug-likeness (QED) is 0.762. The molecule has 0 amide bonds. The molecule has 0 saturated heterocycles. The molecule has 1 atom stereocenters. The number of carbonyl (C=O) groups is 1. The Labute approximate surface area is 120 Å². The van der Waals surface area contributed by atoms with Crippen LogP contribution in [0, 0.1) is 5.82 Å². The van der Waals surface area contributed by atoms with Crippen molar-refractivity contribution in [1.82, 2.24) is 10.1 Å². The van der Waals surface area contributed by atoms with Crippen LogP contribution in [0.4, 0.5) is 4.39 Å². The van der Waals surface area contributed by atoms with Gasteiger partial charge in [-0.1, -0.05) is 12.1 Å². The third-order valence-corrected chi connectivity index (χ3v) is 3.88. The summed E-state index contributed by atoms with van der Waals surface area (Å²) in [6.07, 6.45) is 0.448. The van der Waals surface area contributed by atoms with E-state index >= 15 is 0 Å². The molecule has 0 aliphatic heterocycles. The lowest BCUT2D eigenvalue weighted by Gasteiger charge is -2.01. The van der Waals surface area contributed by atoms with E-state index in [9.17, 15) is 9.18 Å². The number of rotatable bonds is 6. The lowest BCUT2D eigenvalue weighted by Crippen LogP contribution is -2.07. The Morgan fingerprint density at radius 1 is 1.40 bits per heavy atom. The van der Waals surface area contributed by atoms with Crippen molar-refractivity contribution in [3.05, 3.63) is 41.8 Å². The molecule has 1 aromatic heterocycles. The van der Waals surface area contributed by atoms with E-state index < -0.39 is 0 Å². The molecule has 0 aliphatic rings. The molecular weight excluding hydrogens is 279 g/mol. The summed E-state index contributed by atoms with van der Waals surface area (Å²) in [7, 11) is 0. The molecule has 1 unspecified atom stereocenters. The SMILES string of the molecule is CCC(=O)C(C)c1nc(CSc2ccc(F)cc2)no1. The van der Waals surface area contributed by atoms with E-state index in [2.05, 4.69) is 10.1 Å². The van der Waals surface area contributed by atoms with Gasteiger partial charge in [0.2, 0.25) is 5.89 Å². The van der Waals surface area contributed by atoms with Crippen molar-refractivity contribution in [2.75, 3.05) is 0 Å². The predicted octanol–water partition coefficient (Wildman–Crippen LogP) is 3.58. The van der Waals surface area contributed by atoms with Gasteiger partial charge in [-0.2, -0.15) is 4.98 Å². The Balaban J connectivity index is 1.96. The number of hydrogen-bond donors (Lipinski definition) is 0. The van der Waals surface area contributed by atoms with E-state index in [1.165, 1.54) is 23.9 Å². The molecule has 106 valence electrons. The van der Waals surface area contributed by atoms with Crippen molar-refractivity contribution in [2.24, 2.45) is 0 Å². The molecular formula is C14H15FN2O2S. The predicted molar refractivity (Wildman–Crippen MR) is 74.0 cm³/mol. The molecule has 2 aromatic rings. The van der Waals surface area contributed by atoms with Crippen LogP contribution < -0.4 is 0 Å². The molecule has 0 fully saturated rings. The molecule has 0 N–H and O–H groups in total. The first-order valence-corrected chi connectivity index (χ1v) is 7.32. The van der Waals surface area contributed by atoms with Crippen LogP contribution in [0.2, 0.25) is 0 Å². The van der Waals surface area contributed by atoms with Gasteiger partial charge in [0.05, 0.1) is 11.7 Å². The molecule has 2 rings (SSSR count). The molecule has 0 aliphatic carbocycles.